The van der Waals surface area contributed by atoms with Gasteiger partial charge in [-0.15, -0.1) is 0 Å². The van der Waals surface area contributed by atoms with Crippen molar-refractivity contribution < 1.29 is 9.53 Å². The molecule has 4 heteroatoms. The van der Waals surface area contributed by atoms with Gasteiger partial charge in [-0.1, -0.05) is 48.5 Å². The molecule has 0 aromatic heterocycles. The van der Waals surface area contributed by atoms with E-state index in [2.05, 4.69) is 5.32 Å². The molecule has 3 N–H and O–H groups in total. The van der Waals surface area contributed by atoms with Gasteiger partial charge in [-0.05, 0) is 18.6 Å². The third kappa shape index (κ3) is 2.50. The summed E-state index contributed by atoms with van der Waals surface area (Å²) in [5, 5.41) is 2.98. The first-order valence-electron chi connectivity index (χ1n) is 6.96. The minimum atomic E-state index is -1.07. The molecule has 4 nitrogen and oxygen atoms in total. The Morgan fingerprint density at radius 1 is 1.19 bits per heavy atom. The molecule has 0 fully saturated rings. The molecule has 2 atom stereocenters. The van der Waals surface area contributed by atoms with Crippen LogP contribution < -0.4 is 15.8 Å². The maximum Gasteiger partial charge on any atom is 0.245 e. The molecule has 1 amide bonds. The third-order valence-corrected chi connectivity index (χ3v) is 3.85. The van der Waals surface area contributed by atoms with Crippen LogP contribution in [0.2, 0.25) is 0 Å². The first kappa shape index (κ1) is 13.6. The van der Waals surface area contributed by atoms with Gasteiger partial charge in [-0.3, -0.25) is 4.79 Å². The quantitative estimate of drug-likeness (QED) is 0.906. The monoisotopic (exact) mass is 282 g/mol. The zero-order valence-electron chi connectivity index (χ0n) is 11.9. The van der Waals surface area contributed by atoms with Crippen molar-refractivity contribution in [2.24, 2.45) is 5.73 Å². The van der Waals surface area contributed by atoms with E-state index in [4.69, 9.17) is 10.5 Å². The fourth-order valence-electron chi connectivity index (χ4n) is 2.51. The van der Waals surface area contributed by atoms with Crippen LogP contribution in [0.4, 0.5) is 0 Å². The highest BCUT2D eigenvalue weighted by Gasteiger charge is 2.34. The lowest BCUT2D eigenvalue weighted by Gasteiger charge is -2.26. The summed E-state index contributed by atoms with van der Waals surface area (Å²) in [6, 6.07) is 16.9. The lowest BCUT2D eigenvalue weighted by Crippen LogP contribution is -2.50. The van der Waals surface area contributed by atoms with E-state index in [1.807, 2.05) is 54.6 Å². The molecule has 0 radical (unpaired) electrons. The van der Waals surface area contributed by atoms with Crippen molar-refractivity contribution in [1.29, 1.82) is 0 Å². The van der Waals surface area contributed by atoms with E-state index in [0.717, 1.165) is 16.9 Å². The number of hydrogen-bond acceptors (Lipinski definition) is 3. The second kappa shape index (κ2) is 5.22. The van der Waals surface area contributed by atoms with E-state index in [1.165, 1.54) is 0 Å². The Bertz CT molecular complexity index is 653. The number of nitrogens with two attached hydrogens (primary N) is 1. The van der Waals surface area contributed by atoms with Crippen LogP contribution in [0.5, 0.6) is 5.75 Å². The normalized spacial score (nSPS) is 19.2. The molecule has 0 bridgehead atoms. The van der Waals surface area contributed by atoms with Crippen LogP contribution in [0, 0.1) is 0 Å². The molecule has 108 valence electrons. The average molecular weight is 282 g/mol. The van der Waals surface area contributed by atoms with E-state index in [0.29, 0.717) is 6.61 Å². The predicted molar refractivity (Wildman–Crippen MR) is 80.8 cm³/mol. The maximum absolute atomic E-state index is 12.5. The molecule has 3 rings (SSSR count). The number of fused-ring (bicyclic) bond motifs is 1. The number of hydrogen-bond donors (Lipinski definition) is 2. The van der Waals surface area contributed by atoms with Crippen LogP contribution in [0.1, 0.15) is 24.1 Å². The molecule has 2 unspecified atom stereocenters. The molecular weight excluding hydrogens is 264 g/mol. The minimum Gasteiger partial charge on any atom is -0.491 e. The van der Waals surface area contributed by atoms with Gasteiger partial charge in [0.2, 0.25) is 5.91 Å². The molecule has 21 heavy (non-hydrogen) atoms. The molecule has 1 aliphatic heterocycles. The van der Waals surface area contributed by atoms with Crippen LogP contribution in [-0.2, 0) is 10.3 Å². The number of nitrogens with one attached hydrogen (secondary N) is 1. The van der Waals surface area contributed by atoms with Gasteiger partial charge < -0.3 is 15.8 Å². The number of rotatable bonds is 3. The highest BCUT2D eigenvalue weighted by molar-refractivity contribution is 5.87. The lowest BCUT2D eigenvalue weighted by atomic mass is 9.91. The smallest absolute Gasteiger partial charge is 0.245 e. The molecule has 0 spiro atoms. The Morgan fingerprint density at radius 2 is 1.86 bits per heavy atom. The largest absolute Gasteiger partial charge is 0.491 e. The zero-order chi connectivity index (χ0) is 14.9. The molecule has 1 aliphatic rings. The van der Waals surface area contributed by atoms with Gasteiger partial charge in [0.05, 0.1) is 6.04 Å². The Kier molecular flexibility index (Phi) is 3.39. The molecule has 0 saturated heterocycles. The Labute approximate surface area is 123 Å². The number of carbonyl (C=O) groups is 1. The van der Waals surface area contributed by atoms with Gasteiger partial charge in [0, 0.05) is 5.56 Å². The van der Waals surface area contributed by atoms with Crippen molar-refractivity contribution in [3.63, 3.8) is 0 Å². The van der Waals surface area contributed by atoms with E-state index < -0.39 is 5.54 Å². The Hall–Kier alpha value is -2.33. The SMILES string of the molecule is CC(N)(C(=O)NC1COc2ccccc21)c1ccccc1. The standard InChI is InChI=1S/C17H18N2O2/c1-17(18,12-7-3-2-4-8-12)16(20)19-14-11-21-15-10-6-5-9-13(14)15/h2-10,14H,11,18H2,1H3,(H,19,20). The van der Waals surface area contributed by atoms with E-state index in [9.17, 15) is 4.79 Å². The van der Waals surface area contributed by atoms with E-state index in [1.54, 1.807) is 6.92 Å². The van der Waals surface area contributed by atoms with Crippen molar-refractivity contribution in [2.45, 2.75) is 18.5 Å². The van der Waals surface area contributed by atoms with Gasteiger partial charge in [0.15, 0.2) is 0 Å². The first-order chi connectivity index (χ1) is 10.1. The summed E-state index contributed by atoms with van der Waals surface area (Å²) >= 11 is 0. The fraction of sp³-hybridized carbons (Fsp3) is 0.235. The molecule has 2 aromatic rings. The summed E-state index contributed by atoms with van der Waals surface area (Å²) in [5.74, 6) is 0.611. The molecule has 0 saturated carbocycles. The number of para-hydroxylation sites is 1. The lowest BCUT2D eigenvalue weighted by molar-refractivity contribution is -0.127. The summed E-state index contributed by atoms with van der Waals surface area (Å²) in [7, 11) is 0. The Morgan fingerprint density at radius 3 is 2.62 bits per heavy atom. The first-order valence-corrected chi connectivity index (χ1v) is 6.96. The topological polar surface area (TPSA) is 64.4 Å². The summed E-state index contributed by atoms with van der Waals surface area (Å²) in [6.45, 7) is 2.16. The van der Waals surface area contributed by atoms with E-state index in [-0.39, 0.29) is 11.9 Å². The number of carbonyl (C=O) groups excluding carboxylic acids is 1. The third-order valence-electron chi connectivity index (χ3n) is 3.85. The minimum absolute atomic E-state index is 0.153. The maximum atomic E-state index is 12.5. The second-order valence-corrected chi connectivity index (χ2v) is 5.44. The highest BCUT2D eigenvalue weighted by Crippen LogP contribution is 2.32. The summed E-state index contributed by atoms with van der Waals surface area (Å²) in [5.41, 5.74) is 6.94. The van der Waals surface area contributed by atoms with Crippen LogP contribution in [0.3, 0.4) is 0 Å². The molecule has 0 aliphatic carbocycles. The van der Waals surface area contributed by atoms with Crippen LogP contribution in [0.25, 0.3) is 0 Å². The van der Waals surface area contributed by atoms with Gasteiger partial charge in [-0.2, -0.15) is 0 Å². The van der Waals surface area contributed by atoms with Crippen LogP contribution in [0.15, 0.2) is 54.6 Å². The van der Waals surface area contributed by atoms with Crippen molar-refractivity contribution in [3.05, 3.63) is 65.7 Å². The number of amides is 1. The van der Waals surface area contributed by atoms with Crippen molar-refractivity contribution in [3.8, 4) is 5.75 Å². The highest BCUT2D eigenvalue weighted by atomic mass is 16.5. The van der Waals surface area contributed by atoms with Crippen molar-refractivity contribution in [2.75, 3.05) is 6.61 Å². The van der Waals surface area contributed by atoms with Gasteiger partial charge in [-0.25, -0.2) is 0 Å². The van der Waals surface area contributed by atoms with Crippen LogP contribution >= 0.6 is 0 Å². The predicted octanol–water partition coefficient (Wildman–Crippen LogP) is 2.11. The molecular formula is C17H18N2O2. The van der Waals surface area contributed by atoms with E-state index >= 15 is 0 Å². The second-order valence-electron chi connectivity index (χ2n) is 5.44. The summed E-state index contributed by atoms with van der Waals surface area (Å²) < 4.78 is 5.57. The van der Waals surface area contributed by atoms with Crippen molar-refractivity contribution in [1.82, 2.24) is 5.32 Å². The van der Waals surface area contributed by atoms with Gasteiger partial charge in [0.1, 0.15) is 17.9 Å². The fourth-order valence-corrected chi connectivity index (χ4v) is 2.51. The average Bonchev–Trinajstić information content (AvgIpc) is 2.91. The number of ether oxygens (including phenoxy) is 1. The zero-order valence-corrected chi connectivity index (χ0v) is 11.9. The van der Waals surface area contributed by atoms with Crippen molar-refractivity contribution >= 4 is 5.91 Å². The Balaban J connectivity index is 1.79. The van der Waals surface area contributed by atoms with Gasteiger partial charge >= 0.3 is 0 Å². The van der Waals surface area contributed by atoms with Gasteiger partial charge in [0.25, 0.3) is 0 Å². The molecule has 2 aromatic carbocycles. The molecule has 1 heterocycles. The van der Waals surface area contributed by atoms with Crippen LogP contribution in [-0.4, -0.2) is 12.5 Å². The number of benzene rings is 2. The summed E-state index contributed by atoms with van der Waals surface area (Å²) in [4.78, 5) is 12.5. The summed E-state index contributed by atoms with van der Waals surface area (Å²) in [6.07, 6.45) is 0.